The number of amides is 1. The van der Waals surface area contributed by atoms with Crippen LogP contribution in [-0.4, -0.2) is 18.6 Å². The van der Waals surface area contributed by atoms with Gasteiger partial charge in [-0.2, -0.15) is 0 Å². The van der Waals surface area contributed by atoms with Gasteiger partial charge in [-0.05, 0) is 60.9 Å². The van der Waals surface area contributed by atoms with E-state index in [2.05, 4.69) is 93.0 Å². The third-order valence-corrected chi connectivity index (χ3v) is 5.54. The number of phosphoric ester groups is 1. The molecule has 6 nitrogen and oxygen atoms in total. The van der Waals surface area contributed by atoms with Crippen molar-refractivity contribution in [1.82, 2.24) is 5.32 Å². The molecule has 0 aliphatic heterocycles. The highest BCUT2D eigenvalue weighted by molar-refractivity contribution is 7.46. The first-order chi connectivity index (χ1) is 17.4. The Kier molecular flexibility index (Phi) is 15.4. The number of nitrogens with one attached hydrogen (secondary N) is 1. The number of allylic oxidation sites excluding steroid dienone is 1. The predicted molar refractivity (Wildman–Crippen MR) is 137 cm³/mol. The lowest BCUT2D eigenvalue weighted by Gasteiger charge is -2.28. The summed E-state index contributed by atoms with van der Waals surface area (Å²) in [4.78, 5) is 23.4. The molecule has 1 N–H and O–H groups in total. The molecular weight excluding hydrogens is 473 g/mol. The van der Waals surface area contributed by atoms with Gasteiger partial charge in [0.25, 0.3) is 0 Å². The molecule has 1 fully saturated rings. The molecule has 0 radical (unpaired) electrons. The van der Waals surface area contributed by atoms with Crippen molar-refractivity contribution in [3.05, 3.63) is 23.6 Å². The van der Waals surface area contributed by atoms with Crippen molar-refractivity contribution < 1.29 is 23.3 Å². The summed E-state index contributed by atoms with van der Waals surface area (Å²) in [5.41, 5.74) is 6.06. The van der Waals surface area contributed by atoms with Gasteiger partial charge < -0.3 is 19.3 Å². The van der Waals surface area contributed by atoms with E-state index in [1.807, 2.05) is 13.0 Å². The van der Waals surface area contributed by atoms with E-state index in [4.69, 9.17) is 4.52 Å². The van der Waals surface area contributed by atoms with Gasteiger partial charge in [0, 0.05) is 36.5 Å². The minimum atomic E-state index is -4.67. The predicted octanol–water partition coefficient (Wildman–Crippen LogP) is 3.22. The van der Waals surface area contributed by atoms with Crippen molar-refractivity contribution in [2.45, 2.75) is 64.8 Å². The van der Waals surface area contributed by atoms with Gasteiger partial charge in [0.05, 0.1) is 18.2 Å². The van der Waals surface area contributed by atoms with Crippen molar-refractivity contribution in [3.63, 3.8) is 0 Å². The molecule has 0 aromatic heterocycles. The van der Waals surface area contributed by atoms with E-state index < -0.39 is 13.9 Å². The number of hydrogen-bond donors (Lipinski definition) is 1. The number of phosphoric acid groups is 1. The highest BCUT2D eigenvalue weighted by Crippen LogP contribution is 2.38. The fourth-order valence-corrected chi connectivity index (χ4v) is 3.84. The second-order valence-corrected chi connectivity index (χ2v) is 8.92. The van der Waals surface area contributed by atoms with Crippen LogP contribution in [-0.2, 0) is 18.4 Å². The normalized spacial score (nSPS) is 13.8. The summed E-state index contributed by atoms with van der Waals surface area (Å²) in [6, 6.07) is -0.419. The van der Waals surface area contributed by atoms with Crippen molar-refractivity contribution in [2.75, 3.05) is 6.61 Å². The Morgan fingerprint density at radius 2 is 1.61 bits per heavy atom. The van der Waals surface area contributed by atoms with Gasteiger partial charge in [-0.1, -0.05) is 50.5 Å². The monoisotopic (exact) mass is 500 g/mol. The van der Waals surface area contributed by atoms with E-state index >= 15 is 0 Å². The summed E-state index contributed by atoms with van der Waals surface area (Å²) in [6.07, 6.45) is 8.94. The molecule has 0 spiro atoms. The van der Waals surface area contributed by atoms with Gasteiger partial charge in [-0.15, -0.1) is 0 Å². The maximum absolute atomic E-state index is 11.9. The summed E-state index contributed by atoms with van der Waals surface area (Å²) >= 11 is 0. The fourth-order valence-electron chi connectivity index (χ4n) is 3.26. The van der Waals surface area contributed by atoms with Crippen LogP contribution < -0.4 is 10.2 Å². The van der Waals surface area contributed by atoms with E-state index in [-0.39, 0.29) is 12.5 Å². The van der Waals surface area contributed by atoms with Crippen LogP contribution in [0.4, 0.5) is 0 Å². The first kappa shape index (κ1) is 30.1. The zero-order chi connectivity index (χ0) is 26.5. The smallest absolute Gasteiger partial charge is 0.328 e. The molecule has 36 heavy (non-hydrogen) atoms. The largest absolute Gasteiger partial charge is 0.746 e. The maximum atomic E-state index is 11.9. The van der Waals surface area contributed by atoms with Crippen molar-refractivity contribution >= 4 is 13.7 Å². The average molecular weight is 501 g/mol. The lowest BCUT2D eigenvalue weighted by molar-refractivity contribution is -0.220. The fraction of sp³-hybridized carbons (Fsp3) is 0.414. The molecule has 0 saturated heterocycles. The topological polar surface area (TPSA) is 87.7 Å². The Bertz CT molecular complexity index is 1290. The number of rotatable bonds is 8. The van der Waals surface area contributed by atoms with Crippen LogP contribution in [0.15, 0.2) is 23.6 Å². The first-order valence-electron chi connectivity index (χ1n) is 11.4. The molecule has 7 heteroatoms. The molecule has 1 aliphatic carbocycles. The minimum absolute atomic E-state index is 0.217. The highest BCUT2D eigenvalue weighted by Gasteiger charge is 2.22. The molecule has 0 aromatic rings. The van der Waals surface area contributed by atoms with Crippen molar-refractivity contribution in [2.24, 2.45) is 5.92 Å². The van der Waals surface area contributed by atoms with Crippen LogP contribution in [0, 0.1) is 77.1 Å². The van der Waals surface area contributed by atoms with Gasteiger partial charge >= 0.3 is 7.82 Å². The van der Waals surface area contributed by atoms with Crippen molar-refractivity contribution in [3.8, 4) is 71.2 Å². The molecule has 0 aromatic carbocycles. The Labute approximate surface area is 214 Å². The molecule has 2 atom stereocenters. The summed E-state index contributed by atoms with van der Waals surface area (Å²) < 4.78 is 21.3. The van der Waals surface area contributed by atoms with Crippen LogP contribution in [0.2, 0.25) is 0 Å². The van der Waals surface area contributed by atoms with E-state index in [9.17, 15) is 14.3 Å². The molecular formula is C29H27NO5P-. The Morgan fingerprint density at radius 1 is 1.03 bits per heavy atom. The SMILES string of the molecule is C=C=C=C(C#CC#CC#CC#CC#CC#COP(=O)([O-])OCC(CC1CCCCC1)NC(C)=O)CC. The molecule has 0 heterocycles. The molecule has 2 unspecified atom stereocenters. The molecule has 1 aliphatic rings. The standard InChI is InChI=1S/C29H28NO5P/c1-4-19-27(5-2)20-15-12-10-8-6-7-9-11-13-18-23-34-36(32,33)35-25-29(30-26(3)31)24-28-21-16-14-17-22-28/h28-29H,1,5,14,16-17,21-22,24-25H2,2-3H3,(H,30,31)(H,32,33)/p-1. The highest BCUT2D eigenvalue weighted by atomic mass is 31.2. The third-order valence-electron chi connectivity index (χ3n) is 4.76. The minimum Gasteiger partial charge on any atom is -0.746 e. The van der Waals surface area contributed by atoms with Gasteiger partial charge in [-0.25, -0.2) is 0 Å². The summed E-state index contributed by atoms with van der Waals surface area (Å²) in [5.74, 6) is 27.5. The van der Waals surface area contributed by atoms with Gasteiger partial charge in [0.1, 0.15) is 6.11 Å². The maximum Gasteiger partial charge on any atom is 0.328 e. The number of carbonyl (C=O) groups excluding carboxylic acids is 1. The number of carbonyl (C=O) groups is 1. The van der Waals surface area contributed by atoms with E-state index in [1.54, 1.807) is 0 Å². The lowest BCUT2D eigenvalue weighted by Crippen LogP contribution is -2.38. The van der Waals surface area contributed by atoms with Crippen LogP contribution in [0.3, 0.4) is 0 Å². The lowest BCUT2D eigenvalue weighted by atomic mass is 9.85. The van der Waals surface area contributed by atoms with Crippen LogP contribution in [0.1, 0.15) is 58.8 Å². The van der Waals surface area contributed by atoms with Crippen molar-refractivity contribution in [1.29, 1.82) is 0 Å². The molecule has 1 saturated carbocycles. The quantitative estimate of drug-likeness (QED) is 0.314. The molecule has 1 amide bonds. The molecule has 184 valence electrons. The third kappa shape index (κ3) is 15.8. The van der Waals surface area contributed by atoms with Crippen LogP contribution in [0.25, 0.3) is 0 Å². The summed E-state index contributed by atoms with van der Waals surface area (Å²) in [6.45, 7) is 6.54. The Morgan fingerprint density at radius 3 is 2.17 bits per heavy atom. The second-order valence-electron chi connectivity index (χ2n) is 7.58. The summed E-state index contributed by atoms with van der Waals surface area (Å²) in [7, 11) is -4.67. The van der Waals surface area contributed by atoms with E-state index in [0.29, 0.717) is 18.8 Å². The Balaban J connectivity index is 2.51. The zero-order valence-electron chi connectivity index (χ0n) is 20.5. The van der Waals surface area contributed by atoms with Gasteiger partial charge in [0.2, 0.25) is 5.91 Å². The zero-order valence-corrected chi connectivity index (χ0v) is 21.4. The van der Waals surface area contributed by atoms with E-state index in [0.717, 1.165) is 31.3 Å². The van der Waals surface area contributed by atoms with Gasteiger partial charge in [0.15, 0.2) is 0 Å². The average Bonchev–Trinajstić information content (AvgIpc) is 2.85. The molecule has 0 bridgehead atoms. The van der Waals surface area contributed by atoms with E-state index in [1.165, 1.54) is 13.3 Å². The van der Waals surface area contributed by atoms with Crippen LogP contribution >= 0.6 is 7.82 Å². The second kappa shape index (κ2) is 18.4. The number of hydrogen-bond acceptors (Lipinski definition) is 5. The Hall–Kier alpha value is -3.92. The van der Waals surface area contributed by atoms with Crippen LogP contribution in [0.5, 0.6) is 0 Å². The summed E-state index contributed by atoms with van der Waals surface area (Å²) in [5, 5.41) is 2.74. The van der Waals surface area contributed by atoms with Gasteiger partial charge in [-0.3, -0.25) is 9.36 Å². The molecule has 1 rings (SSSR count). The first-order valence-corrected chi connectivity index (χ1v) is 12.9.